The van der Waals surface area contributed by atoms with Crippen molar-refractivity contribution in [2.75, 3.05) is 13.1 Å². The van der Waals surface area contributed by atoms with Crippen LogP contribution in [0.25, 0.3) is 11.5 Å². The normalized spacial score (nSPS) is 18.6. The number of halogens is 1. The van der Waals surface area contributed by atoms with Crippen molar-refractivity contribution in [3.63, 3.8) is 0 Å². The molecule has 6 heteroatoms. The van der Waals surface area contributed by atoms with Crippen molar-refractivity contribution < 1.29 is 8.81 Å². The molecule has 1 aromatic carbocycles. The lowest BCUT2D eigenvalue weighted by atomic mass is 10.1. The minimum atomic E-state index is -0.339. The van der Waals surface area contributed by atoms with Crippen molar-refractivity contribution in [2.24, 2.45) is 0 Å². The smallest absolute Gasteiger partial charge is 0.250 e. The van der Waals surface area contributed by atoms with Crippen LogP contribution in [-0.4, -0.2) is 28.2 Å². The molecule has 1 aliphatic rings. The fraction of sp³-hybridized carbons (Fsp3) is 0.294. The Morgan fingerprint density at radius 2 is 2.13 bits per heavy atom. The van der Waals surface area contributed by atoms with Gasteiger partial charge in [0, 0.05) is 18.0 Å². The van der Waals surface area contributed by atoms with Crippen LogP contribution < -0.4 is 0 Å². The molecule has 0 bridgehead atoms. The molecule has 0 aliphatic carbocycles. The highest BCUT2D eigenvalue weighted by molar-refractivity contribution is 7.09. The molecule has 0 saturated carbocycles. The lowest BCUT2D eigenvalue weighted by molar-refractivity contribution is 0.323. The molecule has 1 saturated heterocycles. The average Bonchev–Trinajstić information content (AvgIpc) is 3.29. The number of likely N-dealkylation sites (tertiary alicyclic amines) is 1. The van der Waals surface area contributed by atoms with Gasteiger partial charge in [0.2, 0.25) is 5.89 Å². The molecule has 0 radical (unpaired) electrons. The summed E-state index contributed by atoms with van der Waals surface area (Å²) in [6.07, 6.45) is 0.990. The number of aromatic nitrogens is 2. The lowest BCUT2D eigenvalue weighted by Gasteiger charge is -2.13. The highest BCUT2D eigenvalue weighted by atomic mass is 32.1. The second-order valence-corrected chi connectivity index (χ2v) is 6.76. The fourth-order valence-corrected chi connectivity index (χ4v) is 3.69. The van der Waals surface area contributed by atoms with Gasteiger partial charge >= 0.3 is 0 Å². The summed E-state index contributed by atoms with van der Waals surface area (Å²) in [5.41, 5.74) is 0.361. The van der Waals surface area contributed by atoms with Crippen molar-refractivity contribution in [1.82, 2.24) is 15.1 Å². The van der Waals surface area contributed by atoms with E-state index >= 15 is 0 Å². The van der Waals surface area contributed by atoms with Gasteiger partial charge in [-0.1, -0.05) is 18.2 Å². The zero-order valence-electron chi connectivity index (χ0n) is 12.5. The second kappa shape index (κ2) is 6.22. The molecule has 1 atom stereocenters. The van der Waals surface area contributed by atoms with Crippen LogP contribution in [0.2, 0.25) is 0 Å². The molecular formula is C17H16FN3OS. The van der Waals surface area contributed by atoms with E-state index in [2.05, 4.69) is 32.6 Å². The van der Waals surface area contributed by atoms with Gasteiger partial charge in [-0.25, -0.2) is 4.39 Å². The van der Waals surface area contributed by atoms with E-state index in [1.165, 1.54) is 10.9 Å². The molecule has 0 N–H and O–H groups in total. The third kappa shape index (κ3) is 3.04. The van der Waals surface area contributed by atoms with E-state index in [1.54, 1.807) is 29.5 Å². The molecule has 23 heavy (non-hydrogen) atoms. The number of hydrogen-bond acceptors (Lipinski definition) is 5. The van der Waals surface area contributed by atoms with Gasteiger partial charge in [0.15, 0.2) is 0 Å². The van der Waals surface area contributed by atoms with E-state index in [0.717, 1.165) is 26.1 Å². The number of hydrogen-bond donors (Lipinski definition) is 0. The van der Waals surface area contributed by atoms with Gasteiger partial charge in [0.05, 0.1) is 11.5 Å². The first-order chi connectivity index (χ1) is 11.3. The molecular weight excluding hydrogens is 313 g/mol. The minimum Gasteiger partial charge on any atom is -0.420 e. The maximum atomic E-state index is 13.8. The second-order valence-electron chi connectivity index (χ2n) is 5.73. The predicted octanol–water partition coefficient (Wildman–Crippen LogP) is 3.93. The topological polar surface area (TPSA) is 42.2 Å². The van der Waals surface area contributed by atoms with Crippen LogP contribution in [0.3, 0.4) is 0 Å². The average molecular weight is 329 g/mol. The Bertz CT molecular complexity index is 787. The molecule has 3 aromatic rings. The van der Waals surface area contributed by atoms with Crippen molar-refractivity contribution in [3.8, 4) is 11.5 Å². The molecule has 1 fully saturated rings. The Kier molecular flexibility index (Phi) is 3.93. The summed E-state index contributed by atoms with van der Waals surface area (Å²) in [5, 5.41) is 10.3. The Labute approximate surface area is 137 Å². The van der Waals surface area contributed by atoms with E-state index in [1.807, 2.05) is 0 Å². The fourth-order valence-electron chi connectivity index (χ4n) is 2.94. The third-order valence-corrected chi connectivity index (χ3v) is 4.99. The quantitative estimate of drug-likeness (QED) is 0.727. The first-order valence-corrected chi connectivity index (χ1v) is 8.50. The van der Waals surface area contributed by atoms with Gasteiger partial charge in [-0.05, 0) is 36.5 Å². The van der Waals surface area contributed by atoms with Gasteiger partial charge in [0.25, 0.3) is 5.89 Å². The summed E-state index contributed by atoms with van der Waals surface area (Å²) in [7, 11) is 0. The maximum Gasteiger partial charge on any atom is 0.250 e. The summed E-state index contributed by atoms with van der Waals surface area (Å²) in [4.78, 5) is 3.76. The van der Waals surface area contributed by atoms with E-state index in [0.29, 0.717) is 11.5 Å². The minimum absolute atomic E-state index is 0.225. The lowest BCUT2D eigenvalue weighted by Crippen LogP contribution is -2.19. The molecule has 2 aromatic heterocycles. The maximum absolute atomic E-state index is 13.8. The van der Waals surface area contributed by atoms with Gasteiger partial charge in [-0.2, -0.15) is 0 Å². The molecule has 0 unspecified atom stereocenters. The summed E-state index contributed by atoms with van der Waals surface area (Å²) in [6.45, 7) is 2.87. The predicted molar refractivity (Wildman–Crippen MR) is 86.6 cm³/mol. The third-order valence-electron chi connectivity index (χ3n) is 4.13. The van der Waals surface area contributed by atoms with E-state index < -0.39 is 0 Å². The van der Waals surface area contributed by atoms with Crippen LogP contribution in [-0.2, 0) is 6.54 Å². The van der Waals surface area contributed by atoms with Gasteiger partial charge in [-0.15, -0.1) is 21.5 Å². The van der Waals surface area contributed by atoms with Crippen LogP contribution in [0.15, 0.2) is 46.2 Å². The highest BCUT2D eigenvalue weighted by Gasteiger charge is 2.28. The summed E-state index contributed by atoms with van der Waals surface area (Å²) >= 11 is 1.78. The number of nitrogens with zero attached hydrogens (tertiary/aromatic N) is 3. The van der Waals surface area contributed by atoms with Gasteiger partial charge in [-0.3, -0.25) is 4.90 Å². The van der Waals surface area contributed by atoms with Crippen LogP contribution in [0.4, 0.5) is 4.39 Å². The monoisotopic (exact) mass is 329 g/mol. The van der Waals surface area contributed by atoms with Gasteiger partial charge in [0.1, 0.15) is 5.82 Å². The molecule has 3 heterocycles. The summed E-state index contributed by atoms with van der Waals surface area (Å²) in [5.74, 6) is 0.753. The van der Waals surface area contributed by atoms with Crippen LogP contribution in [0.1, 0.15) is 23.1 Å². The van der Waals surface area contributed by atoms with E-state index in [-0.39, 0.29) is 17.6 Å². The molecule has 118 valence electrons. The molecule has 4 nitrogen and oxygen atoms in total. The Hall–Kier alpha value is -2.05. The standard InChI is InChI=1S/C17H16FN3OS/c18-15-6-2-1-5-14(15)17-20-19-16(22-17)12-7-8-21(10-12)11-13-4-3-9-23-13/h1-6,9,12H,7-8,10-11H2/t12-/m0/s1. The van der Waals surface area contributed by atoms with Crippen molar-refractivity contribution in [2.45, 2.75) is 18.9 Å². The molecule has 1 aliphatic heterocycles. The Morgan fingerprint density at radius 1 is 1.22 bits per heavy atom. The van der Waals surface area contributed by atoms with Crippen molar-refractivity contribution >= 4 is 11.3 Å². The van der Waals surface area contributed by atoms with Crippen LogP contribution in [0, 0.1) is 5.82 Å². The zero-order valence-corrected chi connectivity index (χ0v) is 13.3. The summed E-state index contributed by atoms with van der Waals surface area (Å²) in [6, 6.07) is 10.7. The highest BCUT2D eigenvalue weighted by Crippen LogP contribution is 2.30. The number of rotatable bonds is 4. The largest absolute Gasteiger partial charge is 0.420 e. The number of benzene rings is 1. The van der Waals surface area contributed by atoms with Crippen LogP contribution in [0.5, 0.6) is 0 Å². The Balaban J connectivity index is 1.47. The summed E-state index contributed by atoms with van der Waals surface area (Å²) < 4.78 is 19.5. The zero-order chi connectivity index (χ0) is 15.6. The Morgan fingerprint density at radius 3 is 2.96 bits per heavy atom. The molecule has 4 rings (SSSR count). The number of thiophene rings is 1. The van der Waals surface area contributed by atoms with Crippen molar-refractivity contribution in [3.05, 3.63) is 58.4 Å². The first-order valence-electron chi connectivity index (χ1n) is 7.62. The van der Waals surface area contributed by atoms with Crippen LogP contribution >= 0.6 is 11.3 Å². The van der Waals surface area contributed by atoms with E-state index in [4.69, 9.17) is 4.42 Å². The molecule has 0 amide bonds. The SMILES string of the molecule is Fc1ccccc1-c1nnc([C@H]2CCN(Cc3cccs3)C2)o1. The van der Waals surface area contributed by atoms with Gasteiger partial charge < -0.3 is 4.42 Å². The van der Waals surface area contributed by atoms with E-state index in [9.17, 15) is 4.39 Å². The molecule has 0 spiro atoms. The van der Waals surface area contributed by atoms with Crippen molar-refractivity contribution in [1.29, 1.82) is 0 Å². The first kappa shape index (κ1) is 14.5.